The highest BCUT2D eigenvalue weighted by atomic mass is 19.1. The van der Waals surface area contributed by atoms with Gasteiger partial charge in [0.15, 0.2) is 0 Å². The summed E-state index contributed by atoms with van der Waals surface area (Å²) < 4.78 is 13.0. The molecule has 0 radical (unpaired) electrons. The molecule has 2 aromatic carbocycles. The molecule has 0 aliphatic rings. The second-order valence-corrected chi connectivity index (χ2v) is 6.64. The summed E-state index contributed by atoms with van der Waals surface area (Å²) in [6, 6.07) is 17.5. The molecule has 0 spiro atoms. The fraction of sp³-hybridized carbons (Fsp3) is 0.182. The van der Waals surface area contributed by atoms with E-state index < -0.39 is 0 Å². The minimum absolute atomic E-state index is 0.195. The second-order valence-electron chi connectivity index (χ2n) is 6.64. The molecule has 0 saturated carbocycles. The number of carbonyl (C=O) groups excluding carboxylic acids is 1. The maximum Gasteiger partial charge on any atom is 0.255 e. The number of hydrogen-bond acceptors (Lipinski definition) is 3. The maximum absolute atomic E-state index is 13.0. The average molecular weight is 363 g/mol. The van der Waals surface area contributed by atoms with Crippen molar-refractivity contribution in [2.24, 2.45) is 0 Å². The third-order valence-electron chi connectivity index (χ3n) is 4.24. The largest absolute Gasteiger partial charge is 0.366 e. The van der Waals surface area contributed by atoms with Crippen LogP contribution in [0.4, 0.5) is 15.9 Å². The first-order valence-electron chi connectivity index (χ1n) is 8.87. The molecule has 1 heterocycles. The highest BCUT2D eigenvalue weighted by Crippen LogP contribution is 2.18. The predicted octanol–water partition coefficient (Wildman–Crippen LogP) is 5.21. The summed E-state index contributed by atoms with van der Waals surface area (Å²) in [6.45, 7) is 4.76. The molecule has 4 nitrogen and oxygen atoms in total. The van der Waals surface area contributed by atoms with E-state index in [1.54, 1.807) is 30.5 Å². The van der Waals surface area contributed by atoms with Crippen LogP contribution in [0.5, 0.6) is 0 Å². The smallest absolute Gasteiger partial charge is 0.255 e. The van der Waals surface area contributed by atoms with Gasteiger partial charge in [-0.2, -0.15) is 0 Å². The van der Waals surface area contributed by atoms with Crippen molar-refractivity contribution in [1.82, 2.24) is 4.98 Å². The van der Waals surface area contributed by atoms with E-state index in [0.29, 0.717) is 23.8 Å². The molecule has 2 N–H and O–H groups in total. The molecule has 0 aliphatic heterocycles. The zero-order chi connectivity index (χ0) is 19.2. The van der Waals surface area contributed by atoms with Crippen LogP contribution in [0.1, 0.15) is 41.3 Å². The fourth-order valence-corrected chi connectivity index (χ4v) is 2.62. The lowest BCUT2D eigenvalue weighted by molar-refractivity contribution is 0.102. The number of nitrogens with zero attached hydrogens (tertiary/aromatic N) is 1. The summed E-state index contributed by atoms with van der Waals surface area (Å²) in [7, 11) is 0. The number of pyridine rings is 1. The van der Waals surface area contributed by atoms with Crippen LogP contribution in [-0.4, -0.2) is 10.9 Å². The van der Waals surface area contributed by atoms with Gasteiger partial charge in [-0.3, -0.25) is 4.79 Å². The monoisotopic (exact) mass is 363 g/mol. The number of halogens is 1. The lowest BCUT2D eigenvalue weighted by Gasteiger charge is -2.10. The molecular formula is C22H22FN3O. The molecule has 0 fully saturated rings. The first kappa shape index (κ1) is 18.6. The Hall–Kier alpha value is -3.21. The van der Waals surface area contributed by atoms with Gasteiger partial charge in [0.25, 0.3) is 5.91 Å². The van der Waals surface area contributed by atoms with Gasteiger partial charge in [-0.1, -0.05) is 38.1 Å². The number of carbonyl (C=O) groups is 1. The van der Waals surface area contributed by atoms with Crippen LogP contribution in [0.25, 0.3) is 0 Å². The quantitative estimate of drug-likeness (QED) is 0.632. The Kier molecular flexibility index (Phi) is 5.81. The van der Waals surface area contributed by atoms with Crippen LogP contribution in [0.3, 0.4) is 0 Å². The number of nitrogens with one attached hydrogen (secondary N) is 2. The summed E-state index contributed by atoms with van der Waals surface area (Å²) >= 11 is 0. The molecule has 0 bridgehead atoms. The SMILES string of the molecule is CC(C)c1ccc(NC(=O)c2ccnc(NCc3ccc(F)cc3)c2)cc1. The van der Waals surface area contributed by atoms with E-state index in [-0.39, 0.29) is 11.7 Å². The lowest BCUT2D eigenvalue weighted by atomic mass is 10.0. The van der Waals surface area contributed by atoms with Crippen molar-refractivity contribution in [2.75, 3.05) is 10.6 Å². The summed E-state index contributed by atoms with van der Waals surface area (Å²) in [5.74, 6) is 0.573. The van der Waals surface area contributed by atoms with Crippen LogP contribution in [0.15, 0.2) is 66.9 Å². The molecule has 0 aliphatic carbocycles. The zero-order valence-corrected chi connectivity index (χ0v) is 15.4. The molecule has 0 atom stereocenters. The fourth-order valence-electron chi connectivity index (χ4n) is 2.62. The van der Waals surface area contributed by atoms with Crippen molar-refractivity contribution in [2.45, 2.75) is 26.3 Å². The Morgan fingerprint density at radius 3 is 2.41 bits per heavy atom. The number of hydrogen-bond donors (Lipinski definition) is 2. The van der Waals surface area contributed by atoms with Crippen molar-refractivity contribution in [1.29, 1.82) is 0 Å². The van der Waals surface area contributed by atoms with Gasteiger partial charge in [0.1, 0.15) is 11.6 Å². The van der Waals surface area contributed by atoms with E-state index in [2.05, 4.69) is 29.5 Å². The molecule has 0 saturated heterocycles. The minimum atomic E-state index is -0.267. The van der Waals surface area contributed by atoms with Crippen molar-refractivity contribution < 1.29 is 9.18 Å². The number of benzene rings is 2. The lowest BCUT2D eigenvalue weighted by Crippen LogP contribution is -2.13. The van der Waals surface area contributed by atoms with Gasteiger partial charge in [-0.05, 0) is 53.4 Å². The van der Waals surface area contributed by atoms with E-state index in [0.717, 1.165) is 11.3 Å². The topological polar surface area (TPSA) is 54.0 Å². The van der Waals surface area contributed by atoms with E-state index in [1.165, 1.54) is 17.7 Å². The third kappa shape index (κ3) is 5.14. The Morgan fingerprint density at radius 2 is 1.74 bits per heavy atom. The zero-order valence-electron chi connectivity index (χ0n) is 15.4. The Labute approximate surface area is 158 Å². The molecule has 3 rings (SSSR count). The van der Waals surface area contributed by atoms with Crippen LogP contribution >= 0.6 is 0 Å². The number of amides is 1. The third-order valence-corrected chi connectivity index (χ3v) is 4.24. The number of rotatable bonds is 6. The number of anilines is 2. The molecule has 5 heteroatoms. The Balaban J connectivity index is 1.63. The summed E-state index contributed by atoms with van der Waals surface area (Å²) in [5.41, 5.74) is 3.42. The Bertz CT molecular complexity index is 906. The summed E-state index contributed by atoms with van der Waals surface area (Å²) in [4.78, 5) is 16.7. The Morgan fingerprint density at radius 1 is 1.04 bits per heavy atom. The molecule has 138 valence electrons. The van der Waals surface area contributed by atoms with Crippen LogP contribution in [-0.2, 0) is 6.54 Å². The van der Waals surface area contributed by atoms with Gasteiger partial charge in [0.2, 0.25) is 0 Å². The van der Waals surface area contributed by atoms with Crippen molar-refractivity contribution in [3.8, 4) is 0 Å². The highest BCUT2D eigenvalue weighted by Gasteiger charge is 2.08. The molecule has 3 aromatic rings. The van der Waals surface area contributed by atoms with E-state index in [9.17, 15) is 9.18 Å². The van der Waals surface area contributed by atoms with Gasteiger partial charge in [0.05, 0.1) is 0 Å². The van der Waals surface area contributed by atoms with Crippen molar-refractivity contribution in [3.05, 3.63) is 89.4 Å². The van der Waals surface area contributed by atoms with Crippen LogP contribution in [0.2, 0.25) is 0 Å². The average Bonchev–Trinajstić information content (AvgIpc) is 2.68. The highest BCUT2D eigenvalue weighted by molar-refractivity contribution is 6.04. The van der Waals surface area contributed by atoms with E-state index in [4.69, 9.17) is 0 Å². The minimum Gasteiger partial charge on any atom is -0.366 e. The number of aromatic nitrogens is 1. The van der Waals surface area contributed by atoms with E-state index >= 15 is 0 Å². The normalized spacial score (nSPS) is 10.7. The summed E-state index contributed by atoms with van der Waals surface area (Å²) in [5, 5.41) is 6.04. The predicted molar refractivity (Wildman–Crippen MR) is 106 cm³/mol. The van der Waals surface area contributed by atoms with Gasteiger partial charge >= 0.3 is 0 Å². The van der Waals surface area contributed by atoms with Crippen molar-refractivity contribution >= 4 is 17.4 Å². The molecule has 1 amide bonds. The molecule has 0 unspecified atom stereocenters. The molecule has 1 aromatic heterocycles. The van der Waals surface area contributed by atoms with Gasteiger partial charge in [-0.15, -0.1) is 0 Å². The standard InChI is InChI=1S/C22H22FN3O/c1-15(2)17-5-9-20(10-6-17)26-22(27)18-11-12-24-21(13-18)25-14-16-3-7-19(23)8-4-16/h3-13,15H,14H2,1-2H3,(H,24,25)(H,26,27). The van der Waals surface area contributed by atoms with Crippen LogP contribution < -0.4 is 10.6 Å². The van der Waals surface area contributed by atoms with Crippen LogP contribution in [0, 0.1) is 5.82 Å². The van der Waals surface area contributed by atoms with Gasteiger partial charge < -0.3 is 10.6 Å². The van der Waals surface area contributed by atoms with Gasteiger partial charge in [-0.25, -0.2) is 9.37 Å². The van der Waals surface area contributed by atoms with Gasteiger partial charge in [0, 0.05) is 24.0 Å². The summed E-state index contributed by atoms with van der Waals surface area (Å²) in [6.07, 6.45) is 1.59. The first-order valence-corrected chi connectivity index (χ1v) is 8.87. The van der Waals surface area contributed by atoms with E-state index in [1.807, 2.05) is 24.3 Å². The second kappa shape index (κ2) is 8.45. The molecule has 27 heavy (non-hydrogen) atoms. The molecular weight excluding hydrogens is 341 g/mol. The maximum atomic E-state index is 13.0. The van der Waals surface area contributed by atoms with Crippen molar-refractivity contribution in [3.63, 3.8) is 0 Å². The first-order chi connectivity index (χ1) is 13.0.